The molecular formula is C16H17F5N4OS. The summed E-state index contributed by atoms with van der Waals surface area (Å²) >= 11 is 0.909. The molecule has 0 spiro atoms. The Morgan fingerprint density at radius 3 is 2.48 bits per heavy atom. The molecule has 11 heteroatoms. The number of aliphatic imine (C=N–C) groups is 1. The van der Waals surface area contributed by atoms with E-state index in [1.54, 1.807) is 31.1 Å². The maximum absolute atomic E-state index is 12.6. The Bertz CT molecular complexity index is 761. The first-order valence-electron chi connectivity index (χ1n) is 7.66. The molecule has 0 bridgehead atoms. The molecule has 1 heterocycles. The van der Waals surface area contributed by atoms with Crippen molar-refractivity contribution in [3.63, 3.8) is 0 Å². The lowest BCUT2D eigenvalue weighted by Gasteiger charge is -2.22. The summed E-state index contributed by atoms with van der Waals surface area (Å²) in [6, 6.07) is 6.13. The summed E-state index contributed by atoms with van der Waals surface area (Å²) in [4.78, 5) is 9.36. The summed E-state index contributed by atoms with van der Waals surface area (Å²) in [6.07, 6.45) is -4.46. The standard InChI is InChI=1S/C16H17F5N4OS/c1-22-15(23-7-13-24-12(9-27-13)16(19,20)21)25(2)8-10-3-5-11(6-4-10)26-14(17)18/h3-6,9,14H,7-8H2,1-2H3,(H,22,23). The largest absolute Gasteiger partial charge is 0.435 e. The molecule has 1 N–H and O–H groups in total. The van der Waals surface area contributed by atoms with Crippen LogP contribution in [0.25, 0.3) is 0 Å². The van der Waals surface area contributed by atoms with Crippen LogP contribution in [0.5, 0.6) is 5.75 Å². The summed E-state index contributed by atoms with van der Waals surface area (Å²) in [6.45, 7) is -2.38. The number of aromatic nitrogens is 1. The molecule has 0 aliphatic carbocycles. The lowest BCUT2D eigenvalue weighted by Crippen LogP contribution is -2.38. The highest BCUT2D eigenvalue weighted by atomic mass is 32.1. The molecule has 0 saturated heterocycles. The smallest absolute Gasteiger partial charge is 0.434 e. The highest BCUT2D eigenvalue weighted by Gasteiger charge is 2.33. The molecule has 0 unspecified atom stereocenters. The summed E-state index contributed by atoms with van der Waals surface area (Å²) in [7, 11) is 3.28. The van der Waals surface area contributed by atoms with Crippen LogP contribution in [0, 0.1) is 0 Å². The molecule has 0 amide bonds. The predicted octanol–water partition coefficient (Wildman–Crippen LogP) is 3.97. The van der Waals surface area contributed by atoms with Crippen LogP contribution in [-0.2, 0) is 19.3 Å². The molecule has 0 aliphatic heterocycles. The Kier molecular flexibility index (Phi) is 6.94. The third kappa shape index (κ3) is 6.35. The number of nitrogens with one attached hydrogen (secondary N) is 1. The quantitative estimate of drug-likeness (QED) is 0.447. The van der Waals surface area contributed by atoms with Crippen molar-refractivity contribution in [2.24, 2.45) is 4.99 Å². The fourth-order valence-corrected chi connectivity index (χ4v) is 2.93. The van der Waals surface area contributed by atoms with Gasteiger partial charge in [-0.1, -0.05) is 12.1 Å². The molecule has 2 aromatic rings. The van der Waals surface area contributed by atoms with Crippen LogP contribution in [-0.4, -0.2) is 36.6 Å². The summed E-state index contributed by atoms with van der Waals surface area (Å²) in [5.41, 5.74) is -0.102. The van der Waals surface area contributed by atoms with E-state index in [4.69, 9.17) is 0 Å². The lowest BCUT2D eigenvalue weighted by molar-refractivity contribution is -0.140. The number of benzene rings is 1. The van der Waals surface area contributed by atoms with E-state index < -0.39 is 18.5 Å². The van der Waals surface area contributed by atoms with Gasteiger partial charge in [-0.15, -0.1) is 11.3 Å². The van der Waals surface area contributed by atoms with Crippen molar-refractivity contribution in [2.75, 3.05) is 14.1 Å². The first-order valence-corrected chi connectivity index (χ1v) is 8.54. The number of hydrogen-bond donors (Lipinski definition) is 1. The predicted molar refractivity (Wildman–Crippen MR) is 91.9 cm³/mol. The Hall–Kier alpha value is -2.43. The summed E-state index contributed by atoms with van der Waals surface area (Å²) < 4.78 is 66.3. The molecule has 0 radical (unpaired) electrons. The maximum Gasteiger partial charge on any atom is 0.434 e. The van der Waals surface area contributed by atoms with Gasteiger partial charge in [0.25, 0.3) is 0 Å². The zero-order chi connectivity index (χ0) is 20.0. The molecular weight excluding hydrogens is 391 g/mol. The first-order chi connectivity index (χ1) is 12.7. The van der Waals surface area contributed by atoms with E-state index in [1.807, 2.05) is 0 Å². The van der Waals surface area contributed by atoms with Gasteiger partial charge in [0.1, 0.15) is 10.8 Å². The van der Waals surface area contributed by atoms with Crippen LogP contribution in [0.4, 0.5) is 22.0 Å². The van der Waals surface area contributed by atoms with Gasteiger partial charge < -0.3 is 15.0 Å². The van der Waals surface area contributed by atoms with Crippen molar-refractivity contribution >= 4 is 17.3 Å². The minimum atomic E-state index is -4.46. The molecule has 0 fully saturated rings. The van der Waals surface area contributed by atoms with E-state index in [0.29, 0.717) is 12.5 Å². The zero-order valence-corrected chi connectivity index (χ0v) is 15.2. The van der Waals surface area contributed by atoms with E-state index in [9.17, 15) is 22.0 Å². The Morgan fingerprint density at radius 1 is 1.30 bits per heavy atom. The van der Waals surface area contributed by atoms with Crippen molar-refractivity contribution in [2.45, 2.75) is 25.9 Å². The van der Waals surface area contributed by atoms with Gasteiger partial charge in [0, 0.05) is 26.0 Å². The van der Waals surface area contributed by atoms with Crippen LogP contribution in [0.15, 0.2) is 34.6 Å². The molecule has 27 heavy (non-hydrogen) atoms. The van der Waals surface area contributed by atoms with Crippen molar-refractivity contribution in [3.8, 4) is 5.75 Å². The van der Waals surface area contributed by atoms with Crippen molar-refractivity contribution in [1.29, 1.82) is 0 Å². The van der Waals surface area contributed by atoms with E-state index in [-0.39, 0.29) is 17.3 Å². The van der Waals surface area contributed by atoms with E-state index in [1.165, 1.54) is 12.1 Å². The van der Waals surface area contributed by atoms with E-state index >= 15 is 0 Å². The minimum Gasteiger partial charge on any atom is -0.435 e. The van der Waals surface area contributed by atoms with Crippen LogP contribution in [0.1, 0.15) is 16.3 Å². The molecule has 2 rings (SSSR count). The highest BCUT2D eigenvalue weighted by molar-refractivity contribution is 7.09. The summed E-state index contributed by atoms with van der Waals surface area (Å²) in [5.74, 6) is 0.509. The second-order valence-corrected chi connectivity index (χ2v) is 6.35. The molecule has 1 aromatic heterocycles. The highest BCUT2D eigenvalue weighted by Crippen LogP contribution is 2.29. The normalized spacial score (nSPS) is 12.4. The number of rotatable bonds is 6. The number of nitrogens with zero attached hydrogens (tertiary/aromatic N) is 3. The Balaban J connectivity index is 1.92. The minimum absolute atomic E-state index is 0.0585. The average molecular weight is 408 g/mol. The van der Waals surface area contributed by atoms with Crippen LogP contribution < -0.4 is 10.1 Å². The molecule has 0 atom stereocenters. The number of guanidine groups is 1. The second kappa shape index (κ2) is 8.98. The summed E-state index contributed by atoms with van der Waals surface area (Å²) in [5, 5.41) is 4.19. The first kappa shape index (κ1) is 20.9. The molecule has 5 nitrogen and oxygen atoms in total. The topological polar surface area (TPSA) is 49.8 Å². The van der Waals surface area contributed by atoms with Gasteiger partial charge in [0.2, 0.25) is 0 Å². The van der Waals surface area contributed by atoms with Crippen molar-refractivity contribution in [3.05, 3.63) is 45.9 Å². The van der Waals surface area contributed by atoms with Gasteiger partial charge in [-0.25, -0.2) is 4.98 Å². The fourth-order valence-electron chi connectivity index (χ4n) is 2.19. The number of halogens is 5. The second-order valence-electron chi connectivity index (χ2n) is 5.40. The SMILES string of the molecule is CN=C(NCc1nc(C(F)(F)F)cs1)N(C)Cc1ccc(OC(F)F)cc1. The Labute approximate surface area is 156 Å². The van der Waals surface area contributed by atoms with Crippen LogP contribution in [0.3, 0.4) is 0 Å². The van der Waals surface area contributed by atoms with Crippen LogP contribution in [0.2, 0.25) is 0 Å². The Morgan fingerprint density at radius 2 is 1.96 bits per heavy atom. The van der Waals surface area contributed by atoms with Gasteiger partial charge in [-0.05, 0) is 17.7 Å². The van der Waals surface area contributed by atoms with Gasteiger partial charge in [-0.2, -0.15) is 22.0 Å². The van der Waals surface area contributed by atoms with Crippen LogP contribution >= 0.6 is 11.3 Å². The lowest BCUT2D eigenvalue weighted by atomic mass is 10.2. The average Bonchev–Trinajstić information content (AvgIpc) is 3.06. The number of thiazole rings is 1. The van der Waals surface area contributed by atoms with Crippen molar-refractivity contribution < 1.29 is 26.7 Å². The van der Waals surface area contributed by atoms with E-state index in [2.05, 4.69) is 20.0 Å². The zero-order valence-electron chi connectivity index (χ0n) is 14.4. The van der Waals surface area contributed by atoms with Gasteiger partial charge in [0.05, 0.1) is 6.54 Å². The van der Waals surface area contributed by atoms with Gasteiger partial charge in [-0.3, -0.25) is 4.99 Å². The molecule has 0 saturated carbocycles. The van der Waals surface area contributed by atoms with Crippen molar-refractivity contribution in [1.82, 2.24) is 15.2 Å². The third-order valence-corrected chi connectivity index (χ3v) is 4.23. The maximum atomic E-state index is 12.6. The van der Waals surface area contributed by atoms with Gasteiger partial charge >= 0.3 is 12.8 Å². The molecule has 1 aromatic carbocycles. The number of hydrogen-bond acceptors (Lipinski definition) is 4. The molecule has 0 aliphatic rings. The fraction of sp³-hybridized carbons (Fsp3) is 0.375. The number of ether oxygens (including phenoxy) is 1. The number of alkyl halides is 5. The van der Waals surface area contributed by atoms with E-state index in [0.717, 1.165) is 22.3 Å². The molecule has 148 valence electrons. The monoisotopic (exact) mass is 408 g/mol. The third-order valence-electron chi connectivity index (χ3n) is 3.38. The van der Waals surface area contributed by atoms with Gasteiger partial charge in [0.15, 0.2) is 11.7 Å².